The van der Waals surface area contributed by atoms with E-state index >= 15 is 0 Å². The van der Waals surface area contributed by atoms with Gasteiger partial charge in [-0.2, -0.15) is 0 Å². The molecule has 0 bridgehead atoms. The average molecular weight is 230 g/mol. The summed E-state index contributed by atoms with van der Waals surface area (Å²) in [5.41, 5.74) is 0. The largest absolute Gasteiger partial charge is 0.656 e. The van der Waals surface area contributed by atoms with Gasteiger partial charge in [-0.05, 0) is 24.6 Å². The highest BCUT2D eigenvalue weighted by Crippen LogP contribution is 2.38. The van der Waals surface area contributed by atoms with Crippen molar-refractivity contribution in [2.45, 2.75) is 57.5 Å². The van der Waals surface area contributed by atoms with Crippen molar-refractivity contribution in [3.63, 3.8) is 0 Å². The molecule has 0 aromatic carbocycles. The molecule has 15 heavy (non-hydrogen) atoms. The summed E-state index contributed by atoms with van der Waals surface area (Å²) < 4.78 is 6.23. The van der Waals surface area contributed by atoms with Crippen molar-refractivity contribution in [2.75, 3.05) is 13.2 Å². The summed E-state index contributed by atoms with van der Waals surface area (Å²) in [5, 5.41) is 13.6. The lowest BCUT2D eigenvalue weighted by atomic mass is 10.2. The lowest BCUT2D eigenvalue weighted by molar-refractivity contribution is 0.188. The molecule has 1 rings (SSSR count). The minimum Gasteiger partial charge on any atom is -0.656 e. The topological polar surface area (TPSA) is 43.6 Å². The van der Waals surface area contributed by atoms with Crippen LogP contribution in [0.15, 0.2) is 0 Å². The first-order chi connectivity index (χ1) is 6.76. The van der Waals surface area contributed by atoms with Crippen LogP contribution >= 0.6 is 0 Å². The van der Waals surface area contributed by atoms with Gasteiger partial charge in [-0.25, -0.2) is 0 Å². The predicted octanol–water partition coefficient (Wildman–Crippen LogP) is 2.52. The molecule has 2 atom stereocenters. The van der Waals surface area contributed by atoms with E-state index in [1.165, 1.54) is 0 Å². The number of aliphatic hydroxyl groups is 1. The minimum absolute atomic E-state index is 0.111. The first-order valence-electron chi connectivity index (χ1n) is 5.71. The van der Waals surface area contributed by atoms with Gasteiger partial charge in [0.2, 0.25) is 0 Å². The molecular formula is C11H24NO2Si-. The van der Waals surface area contributed by atoms with Gasteiger partial charge in [0.05, 0.1) is 0 Å². The molecular weight excluding hydrogens is 206 g/mol. The molecule has 1 aliphatic rings. The van der Waals surface area contributed by atoms with Gasteiger partial charge < -0.3 is 14.8 Å². The van der Waals surface area contributed by atoms with E-state index in [0.717, 1.165) is 13.0 Å². The third-order valence-electron chi connectivity index (χ3n) is 3.58. The molecule has 0 aromatic rings. The Bertz CT molecular complexity index is 213. The predicted molar refractivity (Wildman–Crippen MR) is 65.8 cm³/mol. The highest BCUT2D eigenvalue weighted by atomic mass is 28.4. The zero-order valence-corrected chi connectivity index (χ0v) is 11.6. The Morgan fingerprint density at radius 1 is 1.40 bits per heavy atom. The van der Waals surface area contributed by atoms with E-state index in [1.54, 1.807) is 0 Å². The van der Waals surface area contributed by atoms with E-state index in [1.807, 2.05) is 0 Å². The van der Waals surface area contributed by atoms with E-state index in [0.29, 0.717) is 0 Å². The number of hydrogen-bond donors (Lipinski definition) is 1. The minimum atomic E-state index is -1.65. The molecule has 0 spiro atoms. The fraction of sp³-hybridized carbons (Fsp3) is 1.00. The van der Waals surface area contributed by atoms with Gasteiger partial charge in [-0.1, -0.05) is 20.8 Å². The standard InChI is InChI=1S/C11H24NO2Si/c1-11(2,3)15(4,5)14-10-6-9(8-13)12-7-10/h9-10,13H,6-8H2,1-5H3/q-1/t9-,10+/m0/s1. The Hall–Kier alpha value is 0.0969. The van der Waals surface area contributed by atoms with Crippen LogP contribution in [0.5, 0.6) is 0 Å². The van der Waals surface area contributed by atoms with E-state index in [-0.39, 0.29) is 23.8 Å². The van der Waals surface area contributed by atoms with Crippen LogP contribution in [0, 0.1) is 0 Å². The van der Waals surface area contributed by atoms with Crippen LogP contribution in [0.25, 0.3) is 5.32 Å². The molecule has 3 nitrogen and oxygen atoms in total. The summed E-state index contributed by atoms with van der Waals surface area (Å²) in [7, 11) is -1.65. The SMILES string of the molecule is CC(C)(C)[Si](C)(C)O[C@H]1C[N-][C@H](CO)C1. The van der Waals surface area contributed by atoms with E-state index in [4.69, 9.17) is 9.53 Å². The fourth-order valence-electron chi connectivity index (χ4n) is 1.53. The Kier molecular flexibility index (Phi) is 3.98. The molecule has 0 amide bonds. The van der Waals surface area contributed by atoms with Gasteiger partial charge >= 0.3 is 0 Å². The Balaban J connectivity index is 2.49. The second-order valence-electron chi connectivity index (χ2n) is 5.94. The van der Waals surface area contributed by atoms with Crippen molar-refractivity contribution in [1.82, 2.24) is 0 Å². The van der Waals surface area contributed by atoms with Crippen LogP contribution in [-0.2, 0) is 4.43 Å². The normalized spacial score (nSPS) is 28.4. The summed E-state index contributed by atoms with van der Waals surface area (Å²) in [6.45, 7) is 12.2. The maximum absolute atomic E-state index is 9.00. The molecule has 0 aromatic heterocycles. The van der Waals surface area contributed by atoms with Crippen molar-refractivity contribution >= 4 is 8.32 Å². The zero-order chi connectivity index (χ0) is 11.7. The number of nitrogens with zero attached hydrogens (tertiary/aromatic N) is 1. The molecule has 1 saturated heterocycles. The van der Waals surface area contributed by atoms with Crippen molar-refractivity contribution in [1.29, 1.82) is 0 Å². The number of hydrogen-bond acceptors (Lipinski definition) is 2. The van der Waals surface area contributed by atoms with Gasteiger partial charge in [-0.15, -0.1) is 12.6 Å². The van der Waals surface area contributed by atoms with E-state index < -0.39 is 8.32 Å². The summed E-state index contributed by atoms with van der Waals surface area (Å²) in [6.07, 6.45) is 1.13. The van der Waals surface area contributed by atoms with Crippen LogP contribution in [0.1, 0.15) is 27.2 Å². The molecule has 1 fully saturated rings. The Morgan fingerprint density at radius 3 is 2.40 bits per heavy atom. The monoisotopic (exact) mass is 230 g/mol. The van der Waals surface area contributed by atoms with Gasteiger partial charge in [0, 0.05) is 12.7 Å². The second kappa shape index (κ2) is 4.53. The third kappa shape index (κ3) is 3.28. The Labute approximate surface area is 94.3 Å². The van der Waals surface area contributed by atoms with Crippen LogP contribution in [0.4, 0.5) is 0 Å². The van der Waals surface area contributed by atoms with Gasteiger partial charge in [0.15, 0.2) is 8.32 Å². The van der Waals surface area contributed by atoms with Crippen molar-refractivity contribution in [2.24, 2.45) is 0 Å². The van der Waals surface area contributed by atoms with Crippen LogP contribution < -0.4 is 0 Å². The average Bonchev–Trinajstić information content (AvgIpc) is 2.49. The van der Waals surface area contributed by atoms with Gasteiger partial charge in [0.1, 0.15) is 0 Å². The summed E-state index contributed by atoms with van der Waals surface area (Å²) in [6, 6.07) is 0.111. The molecule has 0 aliphatic carbocycles. The maximum atomic E-state index is 9.00. The summed E-state index contributed by atoms with van der Waals surface area (Å²) >= 11 is 0. The summed E-state index contributed by atoms with van der Waals surface area (Å²) in [5.74, 6) is 0. The molecule has 0 radical (unpaired) electrons. The molecule has 0 unspecified atom stereocenters. The maximum Gasteiger partial charge on any atom is 0.192 e. The van der Waals surface area contributed by atoms with Crippen molar-refractivity contribution in [3.8, 4) is 0 Å². The van der Waals surface area contributed by atoms with E-state index in [2.05, 4.69) is 39.2 Å². The van der Waals surface area contributed by atoms with Crippen LogP contribution in [0.2, 0.25) is 18.1 Å². The third-order valence-corrected chi connectivity index (χ3v) is 8.12. The first-order valence-corrected chi connectivity index (χ1v) is 8.62. The molecule has 90 valence electrons. The lowest BCUT2D eigenvalue weighted by Crippen LogP contribution is -2.44. The van der Waals surface area contributed by atoms with Gasteiger partial charge in [-0.3, -0.25) is 0 Å². The first kappa shape index (κ1) is 13.2. The van der Waals surface area contributed by atoms with Gasteiger partial charge in [0.25, 0.3) is 0 Å². The molecule has 1 aliphatic heterocycles. The van der Waals surface area contributed by atoms with Crippen LogP contribution in [-0.4, -0.2) is 38.7 Å². The molecule has 4 heteroatoms. The van der Waals surface area contributed by atoms with Crippen molar-refractivity contribution in [3.05, 3.63) is 5.32 Å². The van der Waals surface area contributed by atoms with E-state index in [9.17, 15) is 0 Å². The molecule has 0 saturated carbocycles. The fourth-order valence-corrected chi connectivity index (χ4v) is 2.89. The quantitative estimate of drug-likeness (QED) is 0.757. The summed E-state index contributed by atoms with van der Waals surface area (Å²) in [4.78, 5) is 0. The zero-order valence-electron chi connectivity index (χ0n) is 10.6. The second-order valence-corrected chi connectivity index (χ2v) is 10.7. The highest BCUT2D eigenvalue weighted by molar-refractivity contribution is 6.74. The molecule has 1 heterocycles. The smallest absolute Gasteiger partial charge is 0.192 e. The number of rotatable bonds is 3. The van der Waals surface area contributed by atoms with Crippen LogP contribution in [0.3, 0.4) is 0 Å². The van der Waals surface area contributed by atoms with Crippen molar-refractivity contribution < 1.29 is 9.53 Å². The molecule has 1 N–H and O–H groups in total. The Morgan fingerprint density at radius 2 is 2.00 bits per heavy atom. The highest BCUT2D eigenvalue weighted by Gasteiger charge is 2.39. The number of aliphatic hydroxyl groups excluding tert-OH is 1. The lowest BCUT2D eigenvalue weighted by Gasteiger charge is -2.39.